The quantitative estimate of drug-likeness (QED) is 0.462. The lowest BCUT2D eigenvalue weighted by Gasteiger charge is -2.28. The SMILES string of the molecule is O=C(NC(F)(F)F)c1ccnnc1.OCCNc1nc(N2CCOCC2)c(F)cc1F. The number of carbonyl (C=O) groups excluding carboxylic acids is 1. The van der Waals surface area contributed by atoms with Crippen molar-refractivity contribution < 1.29 is 36.6 Å². The maximum atomic E-state index is 13.7. The molecular weight excluding hydrogens is 431 g/mol. The molecule has 31 heavy (non-hydrogen) atoms. The lowest BCUT2D eigenvalue weighted by molar-refractivity contribution is -0.146. The Hall–Kier alpha value is -3.13. The fraction of sp³-hybridized carbons (Fsp3) is 0.412. The number of amides is 1. The number of nitrogens with one attached hydrogen (secondary N) is 2. The van der Waals surface area contributed by atoms with E-state index < -0.39 is 23.8 Å². The van der Waals surface area contributed by atoms with Gasteiger partial charge in [0, 0.05) is 25.7 Å². The monoisotopic (exact) mass is 450 g/mol. The number of aliphatic hydroxyl groups excluding tert-OH is 1. The van der Waals surface area contributed by atoms with Gasteiger partial charge < -0.3 is 20.1 Å². The fourth-order valence-corrected chi connectivity index (χ4v) is 2.38. The highest BCUT2D eigenvalue weighted by Gasteiger charge is 2.30. The van der Waals surface area contributed by atoms with E-state index in [-0.39, 0.29) is 30.4 Å². The number of hydrogen-bond acceptors (Lipinski definition) is 8. The summed E-state index contributed by atoms with van der Waals surface area (Å²) >= 11 is 0. The Morgan fingerprint density at radius 2 is 1.90 bits per heavy atom. The number of pyridine rings is 1. The summed E-state index contributed by atoms with van der Waals surface area (Å²) in [6, 6.07) is 1.94. The number of hydrogen-bond donors (Lipinski definition) is 3. The van der Waals surface area contributed by atoms with Crippen molar-refractivity contribution in [3.63, 3.8) is 0 Å². The number of aliphatic hydroxyl groups is 1. The van der Waals surface area contributed by atoms with Crippen molar-refractivity contribution in [1.29, 1.82) is 0 Å². The molecule has 9 nitrogen and oxygen atoms in total. The predicted octanol–water partition coefficient (Wildman–Crippen LogP) is 1.33. The zero-order chi connectivity index (χ0) is 22.9. The summed E-state index contributed by atoms with van der Waals surface area (Å²) in [4.78, 5) is 16.4. The van der Waals surface area contributed by atoms with Crippen LogP contribution in [0.1, 0.15) is 10.4 Å². The first kappa shape index (κ1) is 24.1. The summed E-state index contributed by atoms with van der Waals surface area (Å²) in [6.45, 7) is 2.06. The molecule has 1 aliphatic rings. The minimum atomic E-state index is -4.72. The molecule has 2 aromatic rings. The first-order valence-corrected chi connectivity index (χ1v) is 8.90. The van der Waals surface area contributed by atoms with Crippen molar-refractivity contribution >= 4 is 17.5 Å². The van der Waals surface area contributed by atoms with E-state index in [4.69, 9.17) is 9.84 Å². The molecule has 0 aliphatic carbocycles. The second-order valence-electron chi connectivity index (χ2n) is 5.96. The number of ether oxygens (including phenoxy) is 1. The zero-order valence-corrected chi connectivity index (χ0v) is 16.0. The summed E-state index contributed by atoms with van der Waals surface area (Å²) in [5, 5.41) is 18.7. The molecule has 1 amide bonds. The van der Waals surface area contributed by atoms with Crippen LogP contribution in [0, 0.1) is 11.6 Å². The third kappa shape index (κ3) is 7.90. The van der Waals surface area contributed by atoms with Crippen LogP contribution in [0.15, 0.2) is 24.5 Å². The molecule has 3 heterocycles. The van der Waals surface area contributed by atoms with Crippen molar-refractivity contribution in [2.24, 2.45) is 0 Å². The Balaban J connectivity index is 0.000000233. The summed E-state index contributed by atoms with van der Waals surface area (Å²) in [5.41, 5.74) is -0.188. The summed E-state index contributed by atoms with van der Waals surface area (Å²) in [7, 11) is 0. The Morgan fingerprint density at radius 1 is 1.19 bits per heavy atom. The smallest absolute Gasteiger partial charge is 0.395 e. The molecule has 14 heteroatoms. The van der Waals surface area contributed by atoms with Crippen molar-refractivity contribution in [3.05, 3.63) is 41.7 Å². The van der Waals surface area contributed by atoms with E-state index in [1.807, 2.05) is 0 Å². The van der Waals surface area contributed by atoms with Gasteiger partial charge in [0.2, 0.25) is 0 Å². The van der Waals surface area contributed by atoms with Crippen LogP contribution in [0.3, 0.4) is 0 Å². The molecule has 3 N–H and O–H groups in total. The van der Waals surface area contributed by atoms with Crippen molar-refractivity contribution in [2.45, 2.75) is 6.30 Å². The van der Waals surface area contributed by atoms with Crippen molar-refractivity contribution in [1.82, 2.24) is 20.5 Å². The van der Waals surface area contributed by atoms with Gasteiger partial charge >= 0.3 is 6.30 Å². The molecule has 170 valence electrons. The Morgan fingerprint density at radius 3 is 2.48 bits per heavy atom. The van der Waals surface area contributed by atoms with Gasteiger partial charge in [-0.3, -0.25) is 10.1 Å². The second kappa shape index (κ2) is 11.3. The molecule has 3 rings (SSSR count). The van der Waals surface area contributed by atoms with E-state index in [9.17, 15) is 26.7 Å². The number of morpholine rings is 1. The number of halogens is 5. The van der Waals surface area contributed by atoms with E-state index in [1.165, 1.54) is 0 Å². The normalized spacial score (nSPS) is 13.8. The van der Waals surface area contributed by atoms with Gasteiger partial charge in [0.05, 0.1) is 37.8 Å². The van der Waals surface area contributed by atoms with Gasteiger partial charge in [0.1, 0.15) is 0 Å². The van der Waals surface area contributed by atoms with Crippen molar-refractivity contribution in [2.75, 3.05) is 49.7 Å². The Labute approximate surface area is 173 Å². The van der Waals surface area contributed by atoms with E-state index in [0.717, 1.165) is 29.8 Å². The summed E-state index contributed by atoms with van der Waals surface area (Å²) in [6.07, 6.45) is -2.65. The van der Waals surface area contributed by atoms with Gasteiger partial charge in [-0.1, -0.05) is 0 Å². The molecule has 0 bridgehead atoms. The van der Waals surface area contributed by atoms with Crippen LogP contribution >= 0.6 is 0 Å². The number of alkyl halides is 3. The van der Waals surface area contributed by atoms with Crippen molar-refractivity contribution in [3.8, 4) is 0 Å². The molecular formula is C17H19F5N6O3. The molecule has 0 radical (unpaired) electrons. The number of anilines is 2. The van der Waals surface area contributed by atoms with E-state index >= 15 is 0 Å². The summed E-state index contributed by atoms with van der Waals surface area (Å²) < 4.78 is 67.1. The third-order valence-corrected chi connectivity index (χ3v) is 3.73. The average Bonchev–Trinajstić information content (AvgIpc) is 2.74. The topological polar surface area (TPSA) is 112 Å². The Kier molecular flexibility index (Phi) is 8.81. The minimum Gasteiger partial charge on any atom is -0.395 e. The molecule has 0 unspecified atom stereocenters. The molecule has 2 aromatic heterocycles. The van der Waals surface area contributed by atoms with Gasteiger partial charge in [-0.2, -0.15) is 23.4 Å². The molecule has 1 saturated heterocycles. The number of rotatable bonds is 5. The predicted molar refractivity (Wildman–Crippen MR) is 98.3 cm³/mol. The first-order valence-electron chi connectivity index (χ1n) is 8.90. The lowest BCUT2D eigenvalue weighted by atomic mass is 10.3. The highest BCUT2D eigenvalue weighted by atomic mass is 19.4. The van der Waals surface area contributed by atoms with Crippen LogP contribution in [0.25, 0.3) is 0 Å². The third-order valence-electron chi connectivity index (χ3n) is 3.73. The van der Waals surface area contributed by atoms with E-state index in [0.29, 0.717) is 26.3 Å². The van der Waals surface area contributed by atoms with Crippen LogP contribution in [0.4, 0.5) is 33.6 Å². The van der Waals surface area contributed by atoms with Crippen LogP contribution < -0.4 is 15.5 Å². The maximum Gasteiger partial charge on any atom is 0.484 e. The van der Waals surface area contributed by atoms with Crippen LogP contribution in [0.2, 0.25) is 0 Å². The highest BCUT2D eigenvalue weighted by Crippen LogP contribution is 2.23. The van der Waals surface area contributed by atoms with Crippen LogP contribution in [-0.4, -0.2) is 72.0 Å². The van der Waals surface area contributed by atoms with Crippen LogP contribution in [-0.2, 0) is 4.74 Å². The van der Waals surface area contributed by atoms with E-state index in [2.05, 4.69) is 20.5 Å². The number of aromatic nitrogens is 3. The molecule has 0 spiro atoms. The van der Waals surface area contributed by atoms with Gasteiger partial charge in [-0.25, -0.2) is 13.8 Å². The fourth-order valence-electron chi connectivity index (χ4n) is 2.38. The number of carbonyl (C=O) groups is 1. The van der Waals surface area contributed by atoms with Gasteiger partial charge in [-0.15, -0.1) is 0 Å². The molecule has 0 aromatic carbocycles. The molecule has 0 atom stereocenters. The lowest BCUT2D eigenvalue weighted by Crippen LogP contribution is -2.37. The van der Waals surface area contributed by atoms with Crippen LogP contribution in [0.5, 0.6) is 0 Å². The molecule has 0 saturated carbocycles. The van der Waals surface area contributed by atoms with Gasteiger partial charge in [-0.05, 0) is 6.07 Å². The second-order valence-corrected chi connectivity index (χ2v) is 5.96. The van der Waals surface area contributed by atoms with Gasteiger partial charge in [0.15, 0.2) is 23.3 Å². The standard InChI is InChI=1S/C11H15F2N3O2.C6H4F3N3O/c12-8-7-9(13)11(15-10(8)14-1-4-17)16-2-5-18-6-3-16;7-6(8,9)12-5(13)4-1-2-10-11-3-4/h7,17H,1-6H2,(H,14,15);1-3H,(H,12,13). The molecule has 1 fully saturated rings. The Bertz CT molecular complexity index is 850. The average molecular weight is 450 g/mol. The van der Waals surface area contributed by atoms with Gasteiger partial charge in [0.25, 0.3) is 5.91 Å². The zero-order valence-electron chi connectivity index (χ0n) is 16.0. The minimum absolute atomic E-state index is 0.0491. The summed E-state index contributed by atoms with van der Waals surface area (Å²) in [5.74, 6) is -2.64. The largest absolute Gasteiger partial charge is 0.484 e. The molecule has 1 aliphatic heterocycles. The highest BCUT2D eigenvalue weighted by molar-refractivity contribution is 5.93. The number of nitrogens with zero attached hydrogens (tertiary/aromatic N) is 4. The maximum absolute atomic E-state index is 13.7. The van der Waals surface area contributed by atoms with E-state index in [1.54, 1.807) is 4.90 Å². The first-order chi connectivity index (χ1) is 14.7.